The van der Waals surface area contributed by atoms with Crippen LogP contribution >= 0.6 is 0 Å². The highest BCUT2D eigenvalue weighted by molar-refractivity contribution is 6.09. The summed E-state index contributed by atoms with van der Waals surface area (Å²) in [5.74, 6) is 0.704. The van der Waals surface area contributed by atoms with Crippen LogP contribution in [0, 0.1) is 0 Å². The van der Waals surface area contributed by atoms with Crippen molar-refractivity contribution in [2.45, 2.75) is 5.41 Å². The molecular weight excluding hydrogens is 679 g/mol. The second-order valence-electron chi connectivity index (χ2n) is 14.5. The van der Waals surface area contributed by atoms with E-state index in [1.165, 1.54) is 44.1 Å². The Morgan fingerprint density at radius 2 is 0.946 bits per heavy atom. The van der Waals surface area contributed by atoms with Gasteiger partial charge in [-0.3, -0.25) is 0 Å². The molecule has 0 aliphatic heterocycles. The zero-order valence-electron chi connectivity index (χ0n) is 30.5. The standard InChI is InChI=1S/C53H35N3/c1-2-15-35-53(45-22-11-7-18-41(45)42-19-8-12-23-46(42)53)50-47(24-6-1)54-52(39-16-4-3-5-17-39)55-51(50)38-29-27-36(28-30-38)37-31-33-40(34-32-37)56-48-25-13-9-20-43(48)44-21-10-14-26-49(44)56/h1-35H/b2-1-,24-6+,35-15+. The van der Waals surface area contributed by atoms with Crippen molar-refractivity contribution < 1.29 is 0 Å². The Morgan fingerprint density at radius 3 is 1.61 bits per heavy atom. The molecule has 2 heterocycles. The third-order valence-electron chi connectivity index (χ3n) is 11.5. The zero-order valence-corrected chi connectivity index (χ0v) is 30.5. The van der Waals surface area contributed by atoms with E-state index in [4.69, 9.17) is 9.97 Å². The molecule has 9 aromatic rings. The van der Waals surface area contributed by atoms with Gasteiger partial charge in [0.2, 0.25) is 0 Å². The van der Waals surface area contributed by atoms with Crippen molar-refractivity contribution in [1.29, 1.82) is 0 Å². The average molecular weight is 714 g/mol. The van der Waals surface area contributed by atoms with Crippen LogP contribution in [0.1, 0.15) is 22.4 Å². The highest BCUT2D eigenvalue weighted by Crippen LogP contribution is 2.56. The molecule has 0 saturated heterocycles. The molecule has 1 spiro atoms. The van der Waals surface area contributed by atoms with E-state index in [9.17, 15) is 0 Å². The summed E-state index contributed by atoms with van der Waals surface area (Å²) in [6.07, 6.45) is 13.0. The molecule has 11 rings (SSSR count). The summed E-state index contributed by atoms with van der Waals surface area (Å²) >= 11 is 0. The van der Waals surface area contributed by atoms with Crippen LogP contribution in [-0.2, 0) is 5.41 Å². The van der Waals surface area contributed by atoms with E-state index < -0.39 is 5.41 Å². The van der Waals surface area contributed by atoms with Crippen LogP contribution in [0.4, 0.5) is 0 Å². The second-order valence-corrected chi connectivity index (χ2v) is 14.5. The van der Waals surface area contributed by atoms with Gasteiger partial charge in [-0.15, -0.1) is 0 Å². The van der Waals surface area contributed by atoms with E-state index in [1.807, 2.05) is 18.2 Å². The van der Waals surface area contributed by atoms with Crippen LogP contribution in [0.2, 0.25) is 0 Å². The summed E-state index contributed by atoms with van der Waals surface area (Å²) in [5.41, 5.74) is 15.1. The molecule has 0 saturated carbocycles. The first-order chi connectivity index (χ1) is 27.8. The van der Waals surface area contributed by atoms with Gasteiger partial charge in [0.25, 0.3) is 0 Å². The Bertz CT molecular complexity index is 2950. The lowest BCUT2D eigenvalue weighted by Crippen LogP contribution is -2.27. The molecule has 0 radical (unpaired) electrons. The quantitative estimate of drug-likeness (QED) is 0.182. The number of fused-ring (bicyclic) bond motifs is 10. The minimum Gasteiger partial charge on any atom is -0.309 e. The van der Waals surface area contributed by atoms with Crippen molar-refractivity contribution in [2.75, 3.05) is 0 Å². The zero-order chi connectivity index (χ0) is 37.1. The number of hydrogen-bond acceptors (Lipinski definition) is 2. The highest BCUT2D eigenvalue weighted by atomic mass is 15.0. The van der Waals surface area contributed by atoms with Crippen molar-refractivity contribution in [3.8, 4) is 50.6 Å². The molecule has 0 unspecified atom stereocenters. The van der Waals surface area contributed by atoms with Gasteiger partial charge in [-0.05, 0) is 63.7 Å². The minimum absolute atomic E-state index is 0.618. The first kappa shape index (κ1) is 32.1. The second kappa shape index (κ2) is 12.9. The van der Waals surface area contributed by atoms with Crippen LogP contribution in [0.5, 0.6) is 0 Å². The molecule has 3 heteroatoms. The fourth-order valence-electron chi connectivity index (χ4n) is 9.01. The molecule has 0 bridgehead atoms. The molecule has 0 N–H and O–H groups in total. The highest BCUT2D eigenvalue weighted by Gasteiger charge is 2.46. The smallest absolute Gasteiger partial charge is 0.160 e. The molecule has 2 aliphatic rings. The molecule has 3 nitrogen and oxygen atoms in total. The Balaban J connectivity index is 1.08. The lowest BCUT2D eigenvalue weighted by atomic mass is 9.70. The molecule has 0 amide bonds. The van der Waals surface area contributed by atoms with Crippen LogP contribution in [0.15, 0.2) is 206 Å². The van der Waals surface area contributed by atoms with Crippen molar-refractivity contribution in [1.82, 2.24) is 14.5 Å². The van der Waals surface area contributed by atoms with Gasteiger partial charge in [0, 0.05) is 33.2 Å². The third kappa shape index (κ3) is 4.91. The maximum Gasteiger partial charge on any atom is 0.160 e. The van der Waals surface area contributed by atoms with E-state index in [2.05, 4.69) is 199 Å². The largest absolute Gasteiger partial charge is 0.309 e. The summed E-state index contributed by atoms with van der Waals surface area (Å²) in [6, 6.07) is 63.1. The Labute approximate surface area is 325 Å². The lowest BCUT2D eigenvalue weighted by molar-refractivity contribution is 0.789. The monoisotopic (exact) mass is 713 g/mol. The Hall–Kier alpha value is -7.36. The van der Waals surface area contributed by atoms with Gasteiger partial charge < -0.3 is 4.57 Å². The maximum absolute atomic E-state index is 5.48. The third-order valence-corrected chi connectivity index (χ3v) is 11.5. The minimum atomic E-state index is -0.618. The molecular formula is C53H35N3. The number of aromatic nitrogens is 3. The van der Waals surface area contributed by atoms with Crippen molar-refractivity contribution in [3.63, 3.8) is 0 Å². The number of nitrogens with zero attached hydrogens (tertiary/aromatic N) is 3. The molecule has 7 aromatic carbocycles. The van der Waals surface area contributed by atoms with Crippen LogP contribution in [-0.4, -0.2) is 14.5 Å². The maximum atomic E-state index is 5.48. The normalized spacial score (nSPS) is 15.4. The Morgan fingerprint density at radius 1 is 0.411 bits per heavy atom. The topological polar surface area (TPSA) is 30.7 Å². The fourth-order valence-corrected chi connectivity index (χ4v) is 9.01. The van der Waals surface area contributed by atoms with Crippen LogP contribution in [0.25, 0.3) is 78.5 Å². The Kier molecular flexibility index (Phi) is 7.39. The van der Waals surface area contributed by atoms with Crippen LogP contribution < -0.4 is 0 Å². The molecule has 0 atom stereocenters. The van der Waals surface area contributed by atoms with E-state index in [0.717, 1.165) is 44.9 Å². The molecule has 2 aliphatic carbocycles. The van der Waals surface area contributed by atoms with E-state index in [-0.39, 0.29) is 0 Å². The van der Waals surface area contributed by atoms with Gasteiger partial charge in [-0.1, -0.05) is 182 Å². The van der Waals surface area contributed by atoms with Crippen molar-refractivity contribution in [3.05, 3.63) is 229 Å². The first-order valence-electron chi connectivity index (χ1n) is 19.2. The van der Waals surface area contributed by atoms with Gasteiger partial charge in [0.15, 0.2) is 5.82 Å². The number of benzene rings is 7. The summed E-state index contributed by atoms with van der Waals surface area (Å²) < 4.78 is 2.36. The van der Waals surface area contributed by atoms with Crippen LogP contribution in [0.3, 0.4) is 0 Å². The van der Waals surface area contributed by atoms with Gasteiger partial charge in [0.1, 0.15) is 0 Å². The van der Waals surface area contributed by atoms with E-state index in [1.54, 1.807) is 0 Å². The van der Waals surface area contributed by atoms with Gasteiger partial charge in [0.05, 0.1) is 27.8 Å². The number of para-hydroxylation sites is 2. The van der Waals surface area contributed by atoms with E-state index in [0.29, 0.717) is 5.82 Å². The SMILES string of the molecule is C1=C\C=C\C2(c3ccccc3-c3ccccc32)c2c(nc(-c3ccccc3)nc2-c2ccc(-c3ccc(-n4c5ccccc5c5ccccc54)cc3)cc2)/C=C/1. The molecule has 0 fully saturated rings. The summed E-state index contributed by atoms with van der Waals surface area (Å²) in [7, 11) is 0. The summed E-state index contributed by atoms with van der Waals surface area (Å²) in [6.45, 7) is 0. The first-order valence-corrected chi connectivity index (χ1v) is 19.2. The van der Waals surface area contributed by atoms with E-state index >= 15 is 0 Å². The number of allylic oxidation sites excluding steroid dienone is 5. The van der Waals surface area contributed by atoms with Crippen molar-refractivity contribution >= 4 is 27.9 Å². The number of hydrogen-bond donors (Lipinski definition) is 0. The summed E-state index contributed by atoms with van der Waals surface area (Å²) in [4.78, 5) is 10.8. The number of rotatable bonds is 4. The van der Waals surface area contributed by atoms with Gasteiger partial charge in [-0.2, -0.15) is 0 Å². The fraction of sp³-hybridized carbons (Fsp3) is 0.0189. The lowest BCUT2D eigenvalue weighted by Gasteiger charge is -2.32. The average Bonchev–Trinajstić information content (AvgIpc) is 3.78. The predicted molar refractivity (Wildman–Crippen MR) is 232 cm³/mol. The molecule has 262 valence electrons. The molecule has 56 heavy (non-hydrogen) atoms. The predicted octanol–water partition coefficient (Wildman–Crippen LogP) is 13.0. The van der Waals surface area contributed by atoms with Gasteiger partial charge >= 0.3 is 0 Å². The molecule has 2 aromatic heterocycles. The summed E-state index contributed by atoms with van der Waals surface area (Å²) in [5, 5.41) is 2.53. The van der Waals surface area contributed by atoms with Crippen molar-refractivity contribution in [2.24, 2.45) is 0 Å². The van der Waals surface area contributed by atoms with Gasteiger partial charge in [-0.25, -0.2) is 9.97 Å².